The number of anilines is 1. The van der Waals surface area contributed by atoms with E-state index in [1.807, 2.05) is 18.3 Å². The van der Waals surface area contributed by atoms with Gasteiger partial charge in [-0.1, -0.05) is 6.92 Å². The monoisotopic (exact) mass is 372 g/mol. The molecule has 2 atom stereocenters. The van der Waals surface area contributed by atoms with E-state index in [1.165, 1.54) is 0 Å². The maximum atomic E-state index is 13.2. The fraction of sp³-hybridized carbons (Fsp3) is 0.471. The molecule has 0 radical (unpaired) electrons. The van der Waals surface area contributed by atoms with Crippen LogP contribution in [0.2, 0.25) is 0 Å². The van der Waals surface area contributed by atoms with Crippen molar-refractivity contribution >= 4 is 33.0 Å². The van der Waals surface area contributed by atoms with Crippen LogP contribution in [0.4, 0.5) is 5.69 Å². The Morgan fingerprint density at radius 3 is 2.96 bits per heavy atom. The second-order valence-electron chi connectivity index (χ2n) is 6.48. The fourth-order valence-electron chi connectivity index (χ4n) is 3.98. The lowest BCUT2D eigenvalue weighted by Gasteiger charge is -2.24. The van der Waals surface area contributed by atoms with Gasteiger partial charge in [-0.2, -0.15) is 10.4 Å². The van der Waals surface area contributed by atoms with Gasteiger partial charge >= 0.3 is 0 Å². The van der Waals surface area contributed by atoms with Crippen molar-refractivity contribution in [3.05, 3.63) is 29.0 Å². The van der Waals surface area contributed by atoms with Crippen molar-refractivity contribution in [1.82, 2.24) is 9.61 Å². The number of hydrogen-bond acceptors (Lipinski definition) is 3. The topological polar surface area (TPSA) is 61.4 Å². The summed E-state index contributed by atoms with van der Waals surface area (Å²) in [5.41, 5.74) is 0.887. The van der Waals surface area contributed by atoms with Crippen molar-refractivity contribution in [3.8, 4) is 6.07 Å². The van der Waals surface area contributed by atoms with Crippen LogP contribution in [0.15, 0.2) is 29.0 Å². The molecule has 23 heavy (non-hydrogen) atoms. The van der Waals surface area contributed by atoms with Gasteiger partial charge in [0.25, 0.3) is 0 Å². The lowest BCUT2D eigenvalue weighted by Crippen LogP contribution is -2.37. The number of halogens is 1. The zero-order valence-electron chi connectivity index (χ0n) is 12.9. The van der Waals surface area contributed by atoms with Crippen molar-refractivity contribution < 1.29 is 4.79 Å². The van der Waals surface area contributed by atoms with E-state index in [0.717, 1.165) is 34.9 Å². The summed E-state index contributed by atoms with van der Waals surface area (Å²) < 4.78 is 2.68. The van der Waals surface area contributed by atoms with Gasteiger partial charge < -0.3 is 4.90 Å². The molecule has 2 aromatic heterocycles. The highest BCUT2D eigenvalue weighted by atomic mass is 79.9. The highest BCUT2D eigenvalue weighted by Gasteiger charge is 2.61. The fourth-order valence-corrected chi connectivity index (χ4v) is 4.39. The minimum Gasteiger partial charge on any atom is -0.309 e. The van der Waals surface area contributed by atoms with Gasteiger partial charge in [-0.15, -0.1) is 0 Å². The van der Waals surface area contributed by atoms with Gasteiger partial charge in [0.15, 0.2) is 0 Å². The van der Waals surface area contributed by atoms with Crippen LogP contribution in [0.3, 0.4) is 0 Å². The minimum absolute atomic E-state index is 0.0280. The molecule has 3 heterocycles. The Bertz CT molecular complexity index is 835. The molecule has 0 N–H and O–H groups in total. The minimum atomic E-state index is -0.834. The zero-order chi connectivity index (χ0) is 16.2. The number of amides is 1. The van der Waals surface area contributed by atoms with E-state index >= 15 is 0 Å². The Labute approximate surface area is 143 Å². The number of carbonyl (C=O) groups is 1. The summed E-state index contributed by atoms with van der Waals surface area (Å²) in [6, 6.07) is 6.25. The van der Waals surface area contributed by atoms with Crippen LogP contribution in [-0.2, 0) is 4.79 Å². The predicted octanol–water partition coefficient (Wildman–Crippen LogP) is 3.39. The summed E-state index contributed by atoms with van der Waals surface area (Å²) in [5, 5.41) is 14.1. The van der Waals surface area contributed by atoms with Crippen LogP contribution in [0, 0.1) is 28.6 Å². The zero-order valence-corrected chi connectivity index (χ0v) is 14.5. The van der Waals surface area contributed by atoms with Crippen LogP contribution in [0.5, 0.6) is 0 Å². The lowest BCUT2D eigenvalue weighted by molar-refractivity contribution is -0.125. The molecule has 118 valence electrons. The third kappa shape index (κ3) is 1.96. The van der Waals surface area contributed by atoms with Crippen molar-refractivity contribution in [2.75, 3.05) is 11.4 Å². The first-order valence-electron chi connectivity index (χ1n) is 7.98. The molecule has 4 rings (SSSR count). The van der Waals surface area contributed by atoms with Crippen LogP contribution in [0.1, 0.15) is 26.2 Å². The van der Waals surface area contributed by atoms with E-state index in [2.05, 4.69) is 34.0 Å². The predicted molar refractivity (Wildman–Crippen MR) is 89.8 cm³/mol. The SMILES string of the molecule is CC[C@@H]1CN(c2ccnn3cc(Br)cc23)C(=O)[C@@]1(C#N)C1CC1. The Morgan fingerprint density at radius 2 is 2.30 bits per heavy atom. The number of hydrogen-bond donors (Lipinski definition) is 0. The Balaban J connectivity index is 1.83. The van der Waals surface area contributed by atoms with Crippen molar-refractivity contribution in [1.29, 1.82) is 5.26 Å². The summed E-state index contributed by atoms with van der Waals surface area (Å²) >= 11 is 3.46. The second-order valence-corrected chi connectivity index (χ2v) is 7.40. The molecule has 0 unspecified atom stereocenters. The largest absolute Gasteiger partial charge is 0.309 e. The normalized spacial score (nSPS) is 27.6. The van der Waals surface area contributed by atoms with Crippen LogP contribution >= 0.6 is 15.9 Å². The average molecular weight is 373 g/mol. The van der Waals surface area contributed by atoms with E-state index in [4.69, 9.17) is 0 Å². The van der Waals surface area contributed by atoms with E-state index in [1.54, 1.807) is 15.6 Å². The Kier molecular flexibility index (Phi) is 3.24. The third-order valence-corrected chi connectivity index (χ3v) is 5.72. The summed E-state index contributed by atoms with van der Waals surface area (Å²) in [6.45, 7) is 2.69. The van der Waals surface area contributed by atoms with Gasteiger partial charge in [-0.25, -0.2) is 4.52 Å². The van der Waals surface area contributed by atoms with Crippen LogP contribution in [0.25, 0.3) is 5.52 Å². The van der Waals surface area contributed by atoms with Gasteiger partial charge in [0, 0.05) is 29.3 Å². The maximum Gasteiger partial charge on any atom is 0.248 e. The highest BCUT2D eigenvalue weighted by molar-refractivity contribution is 9.10. The molecular weight excluding hydrogens is 356 g/mol. The average Bonchev–Trinajstić information content (AvgIpc) is 3.26. The number of aromatic nitrogens is 2. The molecule has 0 aromatic carbocycles. The Morgan fingerprint density at radius 1 is 1.52 bits per heavy atom. The van der Waals surface area contributed by atoms with Gasteiger partial charge in [-0.05, 0) is 53.2 Å². The molecule has 1 saturated carbocycles. The molecular formula is C17H17BrN4O. The van der Waals surface area contributed by atoms with Gasteiger partial charge in [0.2, 0.25) is 5.91 Å². The molecule has 1 saturated heterocycles. The first kappa shape index (κ1) is 14.7. The summed E-state index contributed by atoms with van der Waals surface area (Å²) in [5.74, 6) is 0.297. The molecule has 2 fully saturated rings. The van der Waals surface area contributed by atoms with Gasteiger partial charge in [0.1, 0.15) is 5.41 Å². The molecule has 1 aliphatic heterocycles. The van der Waals surface area contributed by atoms with Crippen molar-refractivity contribution in [2.45, 2.75) is 26.2 Å². The standard InChI is InChI=1S/C17H17BrN4O/c1-2-11-8-21(16(23)17(11,10-19)12-3-4-12)14-5-6-20-22-9-13(18)7-15(14)22/h5-7,9,11-12H,2-4,8H2,1H3/t11-,17-/m1/s1. The van der Waals surface area contributed by atoms with Gasteiger partial charge in [0.05, 0.1) is 17.3 Å². The molecule has 2 aliphatic rings. The summed E-state index contributed by atoms with van der Waals surface area (Å²) in [7, 11) is 0. The van der Waals surface area contributed by atoms with E-state index in [-0.39, 0.29) is 17.7 Å². The number of nitriles is 1. The molecule has 0 spiro atoms. The smallest absolute Gasteiger partial charge is 0.248 e. The number of fused-ring (bicyclic) bond motifs is 1. The Hall–Kier alpha value is -1.87. The molecule has 5 nitrogen and oxygen atoms in total. The first-order chi connectivity index (χ1) is 11.1. The molecule has 1 amide bonds. The van der Waals surface area contributed by atoms with Crippen molar-refractivity contribution in [2.24, 2.45) is 17.3 Å². The molecule has 2 aromatic rings. The summed E-state index contributed by atoms with van der Waals surface area (Å²) in [6.07, 6.45) is 6.40. The summed E-state index contributed by atoms with van der Waals surface area (Å²) in [4.78, 5) is 15.0. The van der Waals surface area contributed by atoms with Crippen LogP contribution in [-0.4, -0.2) is 22.1 Å². The number of rotatable bonds is 3. The molecule has 6 heteroatoms. The maximum absolute atomic E-state index is 13.2. The van der Waals surface area contributed by atoms with E-state index in [9.17, 15) is 10.1 Å². The number of carbonyl (C=O) groups excluding carboxylic acids is 1. The van der Waals surface area contributed by atoms with Gasteiger partial charge in [-0.3, -0.25) is 4.79 Å². The quantitative estimate of drug-likeness (QED) is 0.829. The molecule has 1 aliphatic carbocycles. The van der Waals surface area contributed by atoms with E-state index in [0.29, 0.717) is 6.54 Å². The first-order valence-corrected chi connectivity index (χ1v) is 8.77. The highest BCUT2D eigenvalue weighted by Crippen LogP contribution is 2.55. The van der Waals surface area contributed by atoms with Crippen LogP contribution < -0.4 is 4.90 Å². The third-order valence-electron chi connectivity index (χ3n) is 5.29. The van der Waals surface area contributed by atoms with E-state index < -0.39 is 5.41 Å². The second kappa shape index (κ2) is 5.07. The molecule has 0 bridgehead atoms. The number of nitrogens with zero attached hydrogens (tertiary/aromatic N) is 4. The lowest BCUT2D eigenvalue weighted by atomic mass is 9.73. The van der Waals surface area contributed by atoms with Crippen molar-refractivity contribution in [3.63, 3.8) is 0 Å².